The molecule has 2 heteroatoms. The normalized spacial score (nSPS) is 12.7. The molecule has 19 heavy (non-hydrogen) atoms. The standard InChI is InChI=1S/C17H22N2/c1-12-5-10-16(13(2)11-12)17(19(3)4)14-6-8-15(18)9-7-14/h5-11,17H,18H2,1-4H3. The molecule has 0 saturated carbocycles. The molecule has 0 aliphatic heterocycles. The van der Waals surface area contributed by atoms with Gasteiger partial charge in [0.2, 0.25) is 0 Å². The van der Waals surface area contributed by atoms with Gasteiger partial charge < -0.3 is 5.73 Å². The third-order valence-corrected chi connectivity index (χ3v) is 3.49. The number of hydrogen-bond donors (Lipinski definition) is 1. The Labute approximate surface area is 115 Å². The van der Waals surface area contributed by atoms with E-state index in [2.05, 4.69) is 63.2 Å². The Morgan fingerprint density at radius 3 is 2.11 bits per heavy atom. The van der Waals surface area contributed by atoms with E-state index in [1.54, 1.807) is 0 Å². The van der Waals surface area contributed by atoms with Crippen LogP contribution in [0.4, 0.5) is 5.69 Å². The quantitative estimate of drug-likeness (QED) is 0.849. The smallest absolute Gasteiger partial charge is 0.0599 e. The Hall–Kier alpha value is -1.80. The fraction of sp³-hybridized carbons (Fsp3) is 0.294. The number of benzene rings is 2. The van der Waals surface area contributed by atoms with Gasteiger partial charge in [-0.3, -0.25) is 4.90 Å². The minimum Gasteiger partial charge on any atom is -0.399 e. The van der Waals surface area contributed by atoms with Gasteiger partial charge in [-0.25, -0.2) is 0 Å². The number of hydrogen-bond acceptors (Lipinski definition) is 2. The molecule has 1 unspecified atom stereocenters. The van der Waals surface area contributed by atoms with E-state index in [4.69, 9.17) is 5.73 Å². The number of anilines is 1. The van der Waals surface area contributed by atoms with Gasteiger partial charge in [0.25, 0.3) is 0 Å². The van der Waals surface area contributed by atoms with E-state index in [9.17, 15) is 0 Å². The van der Waals surface area contributed by atoms with Crippen LogP contribution in [0.5, 0.6) is 0 Å². The molecule has 2 aromatic carbocycles. The van der Waals surface area contributed by atoms with Gasteiger partial charge in [-0.15, -0.1) is 0 Å². The second-order valence-electron chi connectivity index (χ2n) is 5.39. The number of nitrogens with two attached hydrogens (primary N) is 1. The molecule has 1 atom stereocenters. The molecule has 2 N–H and O–H groups in total. The molecule has 0 fully saturated rings. The molecule has 2 aromatic rings. The zero-order valence-electron chi connectivity index (χ0n) is 12.1. The molecule has 0 spiro atoms. The van der Waals surface area contributed by atoms with Crippen molar-refractivity contribution in [3.63, 3.8) is 0 Å². The Kier molecular flexibility index (Phi) is 3.91. The predicted octanol–water partition coefficient (Wildman–Crippen LogP) is 3.54. The zero-order chi connectivity index (χ0) is 14.0. The summed E-state index contributed by atoms with van der Waals surface area (Å²) in [6.07, 6.45) is 0. The van der Waals surface area contributed by atoms with Crippen LogP contribution in [0.15, 0.2) is 42.5 Å². The fourth-order valence-corrected chi connectivity index (χ4v) is 2.57. The first-order valence-electron chi connectivity index (χ1n) is 6.58. The SMILES string of the molecule is Cc1ccc(C(c2ccc(N)cc2)N(C)C)c(C)c1. The third-order valence-electron chi connectivity index (χ3n) is 3.49. The molecule has 0 heterocycles. The van der Waals surface area contributed by atoms with Gasteiger partial charge in [0.15, 0.2) is 0 Å². The summed E-state index contributed by atoms with van der Waals surface area (Å²) in [5.41, 5.74) is 11.8. The molecule has 2 rings (SSSR count). The summed E-state index contributed by atoms with van der Waals surface area (Å²) >= 11 is 0. The lowest BCUT2D eigenvalue weighted by Gasteiger charge is -2.27. The van der Waals surface area contributed by atoms with Gasteiger partial charge >= 0.3 is 0 Å². The molecule has 0 aliphatic rings. The van der Waals surface area contributed by atoms with Crippen molar-refractivity contribution in [2.45, 2.75) is 19.9 Å². The molecular weight excluding hydrogens is 232 g/mol. The Balaban J connectivity index is 2.48. The molecule has 0 saturated heterocycles. The number of aryl methyl sites for hydroxylation is 2. The van der Waals surface area contributed by atoms with E-state index in [-0.39, 0.29) is 6.04 Å². The number of nitrogen functional groups attached to an aromatic ring is 1. The third kappa shape index (κ3) is 2.96. The van der Waals surface area contributed by atoms with Crippen molar-refractivity contribution < 1.29 is 0 Å². The van der Waals surface area contributed by atoms with Crippen LogP contribution in [0, 0.1) is 13.8 Å². The summed E-state index contributed by atoms with van der Waals surface area (Å²) in [7, 11) is 4.22. The maximum Gasteiger partial charge on any atom is 0.0599 e. The summed E-state index contributed by atoms with van der Waals surface area (Å²) in [5.74, 6) is 0. The van der Waals surface area contributed by atoms with Crippen LogP contribution in [0.1, 0.15) is 28.3 Å². The van der Waals surface area contributed by atoms with Crippen LogP contribution in [0.25, 0.3) is 0 Å². The fourth-order valence-electron chi connectivity index (χ4n) is 2.57. The highest BCUT2D eigenvalue weighted by molar-refractivity contribution is 5.44. The van der Waals surface area contributed by atoms with E-state index in [0.29, 0.717) is 0 Å². The molecule has 0 bridgehead atoms. The summed E-state index contributed by atoms with van der Waals surface area (Å²) < 4.78 is 0. The van der Waals surface area contributed by atoms with Gasteiger partial charge in [0.1, 0.15) is 0 Å². The van der Waals surface area contributed by atoms with Crippen molar-refractivity contribution in [3.05, 3.63) is 64.7 Å². The first kappa shape index (κ1) is 13.6. The molecular formula is C17H22N2. The van der Waals surface area contributed by atoms with Crippen molar-refractivity contribution in [3.8, 4) is 0 Å². The van der Waals surface area contributed by atoms with Gasteiger partial charge in [0.05, 0.1) is 6.04 Å². The first-order chi connectivity index (χ1) is 8.99. The molecule has 0 amide bonds. The Bertz CT molecular complexity index is 556. The van der Waals surface area contributed by atoms with Gasteiger partial charge in [-0.2, -0.15) is 0 Å². The summed E-state index contributed by atoms with van der Waals surface area (Å²) in [4.78, 5) is 2.24. The van der Waals surface area contributed by atoms with Gasteiger partial charge in [-0.1, -0.05) is 35.9 Å². The first-order valence-corrected chi connectivity index (χ1v) is 6.58. The number of nitrogens with zero attached hydrogens (tertiary/aromatic N) is 1. The van der Waals surface area contributed by atoms with Crippen LogP contribution in [-0.4, -0.2) is 19.0 Å². The second kappa shape index (κ2) is 5.45. The molecule has 2 nitrogen and oxygen atoms in total. The Morgan fingerprint density at radius 2 is 1.58 bits per heavy atom. The summed E-state index contributed by atoms with van der Waals surface area (Å²) in [6.45, 7) is 4.31. The van der Waals surface area contributed by atoms with Crippen LogP contribution < -0.4 is 5.73 Å². The molecule has 0 aromatic heterocycles. The lowest BCUT2D eigenvalue weighted by molar-refractivity contribution is 0.341. The minimum absolute atomic E-state index is 0.265. The average molecular weight is 254 g/mol. The van der Waals surface area contributed by atoms with E-state index >= 15 is 0 Å². The van der Waals surface area contributed by atoms with Gasteiger partial charge in [-0.05, 0) is 56.8 Å². The maximum atomic E-state index is 5.78. The van der Waals surface area contributed by atoms with Crippen molar-refractivity contribution in [2.24, 2.45) is 0 Å². The lowest BCUT2D eigenvalue weighted by Crippen LogP contribution is -2.22. The second-order valence-corrected chi connectivity index (χ2v) is 5.39. The van der Waals surface area contributed by atoms with E-state index in [0.717, 1.165) is 5.69 Å². The molecule has 0 aliphatic carbocycles. The van der Waals surface area contributed by atoms with E-state index < -0.39 is 0 Å². The van der Waals surface area contributed by atoms with Crippen molar-refractivity contribution >= 4 is 5.69 Å². The van der Waals surface area contributed by atoms with Crippen LogP contribution in [0.2, 0.25) is 0 Å². The van der Waals surface area contributed by atoms with Crippen LogP contribution >= 0.6 is 0 Å². The minimum atomic E-state index is 0.265. The van der Waals surface area contributed by atoms with Crippen LogP contribution in [0.3, 0.4) is 0 Å². The summed E-state index contributed by atoms with van der Waals surface area (Å²) in [6, 6.07) is 15.1. The van der Waals surface area contributed by atoms with Gasteiger partial charge in [0, 0.05) is 5.69 Å². The molecule has 0 radical (unpaired) electrons. The van der Waals surface area contributed by atoms with E-state index in [1.807, 2.05) is 12.1 Å². The van der Waals surface area contributed by atoms with Crippen LogP contribution in [-0.2, 0) is 0 Å². The van der Waals surface area contributed by atoms with Crippen molar-refractivity contribution in [1.82, 2.24) is 4.90 Å². The topological polar surface area (TPSA) is 29.3 Å². The maximum absolute atomic E-state index is 5.78. The largest absolute Gasteiger partial charge is 0.399 e. The summed E-state index contributed by atoms with van der Waals surface area (Å²) in [5, 5.41) is 0. The zero-order valence-corrected chi connectivity index (χ0v) is 12.1. The van der Waals surface area contributed by atoms with Crippen molar-refractivity contribution in [1.29, 1.82) is 0 Å². The number of rotatable bonds is 3. The van der Waals surface area contributed by atoms with E-state index in [1.165, 1.54) is 22.3 Å². The van der Waals surface area contributed by atoms with Crippen molar-refractivity contribution in [2.75, 3.05) is 19.8 Å². The highest BCUT2D eigenvalue weighted by Crippen LogP contribution is 2.29. The lowest BCUT2D eigenvalue weighted by atomic mass is 9.93. The Morgan fingerprint density at radius 1 is 0.947 bits per heavy atom. The highest BCUT2D eigenvalue weighted by atomic mass is 15.1. The highest BCUT2D eigenvalue weighted by Gasteiger charge is 2.18. The monoisotopic (exact) mass is 254 g/mol. The molecule has 100 valence electrons. The predicted molar refractivity (Wildman–Crippen MR) is 82.3 cm³/mol. The average Bonchev–Trinajstić information content (AvgIpc) is 2.34.